The zero-order chi connectivity index (χ0) is 13.3. The van der Waals surface area contributed by atoms with E-state index in [2.05, 4.69) is 11.7 Å². The van der Waals surface area contributed by atoms with Crippen molar-refractivity contribution in [1.29, 1.82) is 0 Å². The average Bonchev–Trinajstić information content (AvgIpc) is 2.31. The van der Waals surface area contributed by atoms with Crippen LogP contribution in [0.2, 0.25) is 0 Å². The van der Waals surface area contributed by atoms with Crippen molar-refractivity contribution >= 4 is 11.9 Å². The molecule has 4 heteroatoms. The van der Waals surface area contributed by atoms with Crippen molar-refractivity contribution in [3.8, 4) is 0 Å². The smallest absolute Gasteiger partial charge is 0.310 e. The number of rotatable bonds is 8. The minimum Gasteiger partial charge on any atom is -0.469 e. The molecule has 0 radical (unpaired) electrons. The van der Waals surface area contributed by atoms with Crippen LogP contribution in [0, 0.1) is 5.92 Å². The maximum absolute atomic E-state index is 11.4. The molecular formula is C13H25NO3. The first kappa shape index (κ1) is 15.9. The van der Waals surface area contributed by atoms with E-state index in [1.165, 1.54) is 20.0 Å². The molecule has 0 saturated heterocycles. The van der Waals surface area contributed by atoms with Crippen LogP contribution in [0.3, 0.4) is 0 Å². The summed E-state index contributed by atoms with van der Waals surface area (Å²) in [5, 5.41) is 0. The van der Waals surface area contributed by atoms with Crippen LogP contribution in [-0.4, -0.2) is 37.0 Å². The summed E-state index contributed by atoms with van der Waals surface area (Å²) >= 11 is 0. The van der Waals surface area contributed by atoms with Crippen LogP contribution in [-0.2, 0) is 14.3 Å². The van der Waals surface area contributed by atoms with Crippen molar-refractivity contribution in [1.82, 2.24) is 4.90 Å². The van der Waals surface area contributed by atoms with Gasteiger partial charge in [0, 0.05) is 20.0 Å². The van der Waals surface area contributed by atoms with E-state index >= 15 is 0 Å². The van der Waals surface area contributed by atoms with Crippen molar-refractivity contribution in [2.24, 2.45) is 5.92 Å². The molecule has 0 fully saturated rings. The second-order valence-electron chi connectivity index (χ2n) is 4.45. The fourth-order valence-corrected chi connectivity index (χ4v) is 1.71. The van der Waals surface area contributed by atoms with Crippen LogP contribution in [0.1, 0.15) is 46.5 Å². The van der Waals surface area contributed by atoms with Gasteiger partial charge in [-0.05, 0) is 6.42 Å². The first-order valence-electron chi connectivity index (χ1n) is 6.36. The largest absolute Gasteiger partial charge is 0.469 e. The SMILES string of the molecule is CCCCCCN(CC(C)C(=O)OC)C(C)=O. The van der Waals surface area contributed by atoms with Crippen molar-refractivity contribution in [2.75, 3.05) is 20.2 Å². The molecule has 0 heterocycles. The van der Waals surface area contributed by atoms with Crippen molar-refractivity contribution in [2.45, 2.75) is 46.5 Å². The lowest BCUT2D eigenvalue weighted by molar-refractivity contribution is -0.146. The summed E-state index contributed by atoms with van der Waals surface area (Å²) in [5.74, 6) is -0.489. The van der Waals surface area contributed by atoms with E-state index in [0.29, 0.717) is 6.54 Å². The monoisotopic (exact) mass is 243 g/mol. The Morgan fingerprint density at radius 3 is 2.35 bits per heavy atom. The number of hydrogen-bond donors (Lipinski definition) is 0. The van der Waals surface area contributed by atoms with E-state index in [-0.39, 0.29) is 17.8 Å². The van der Waals surface area contributed by atoms with Crippen LogP contribution in [0.4, 0.5) is 0 Å². The third-order valence-corrected chi connectivity index (χ3v) is 2.82. The molecule has 0 spiro atoms. The lowest BCUT2D eigenvalue weighted by Gasteiger charge is -2.23. The van der Waals surface area contributed by atoms with Crippen molar-refractivity contribution in [3.05, 3.63) is 0 Å². The highest BCUT2D eigenvalue weighted by Gasteiger charge is 2.18. The molecule has 1 unspecified atom stereocenters. The second kappa shape index (κ2) is 9.02. The first-order chi connectivity index (χ1) is 8.02. The summed E-state index contributed by atoms with van der Waals surface area (Å²) in [7, 11) is 1.37. The molecule has 0 aliphatic heterocycles. The number of carbonyl (C=O) groups is 2. The van der Waals surface area contributed by atoms with Crippen LogP contribution in [0.5, 0.6) is 0 Å². The normalized spacial score (nSPS) is 12.0. The highest BCUT2D eigenvalue weighted by Crippen LogP contribution is 2.06. The molecule has 0 aliphatic rings. The molecule has 0 saturated carbocycles. The van der Waals surface area contributed by atoms with Gasteiger partial charge in [-0.15, -0.1) is 0 Å². The molecule has 0 aromatic heterocycles. The van der Waals surface area contributed by atoms with Gasteiger partial charge < -0.3 is 9.64 Å². The lowest BCUT2D eigenvalue weighted by atomic mass is 10.1. The minimum atomic E-state index is -0.259. The molecule has 0 aromatic rings. The van der Waals surface area contributed by atoms with E-state index in [1.807, 2.05) is 0 Å². The first-order valence-corrected chi connectivity index (χ1v) is 6.36. The number of unbranched alkanes of at least 4 members (excludes halogenated alkanes) is 3. The molecule has 4 nitrogen and oxygen atoms in total. The van der Waals surface area contributed by atoms with Gasteiger partial charge in [0.1, 0.15) is 0 Å². The maximum Gasteiger partial charge on any atom is 0.310 e. The third-order valence-electron chi connectivity index (χ3n) is 2.82. The van der Waals surface area contributed by atoms with Gasteiger partial charge in [-0.2, -0.15) is 0 Å². The molecule has 0 N–H and O–H groups in total. The minimum absolute atomic E-state index is 0.0252. The van der Waals surface area contributed by atoms with Crippen LogP contribution >= 0.6 is 0 Å². The van der Waals surface area contributed by atoms with Gasteiger partial charge in [0.05, 0.1) is 13.0 Å². The molecule has 100 valence electrons. The number of hydrogen-bond acceptors (Lipinski definition) is 3. The number of nitrogens with zero attached hydrogens (tertiary/aromatic N) is 1. The molecule has 17 heavy (non-hydrogen) atoms. The molecule has 1 atom stereocenters. The van der Waals surface area contributed by atoms with Gasteiger partial charge in [-0.25, -0.2) is 0 Å². The zero-order valence-electron chi connectivity index (χ0n) is 11.5. The van der Waals surface area contributed by atoms with E-state index < -0.39 is 0 Å². The summed E-state index contributed by atoms with van der Waals surface area (Å²) in [4.78, 5) is 24.4. The molecule has 0 rings (SSSR count). The maximum atomic E-state index is 11.4. The summed E-state index contributed by atoms with van der Waals surface area (Å²) in [6.45, 7) is 6.67. The lowest BCUT2D eigenvalue weighted by Crippen LogP contribution is -2.36. The Labute approximate surface area is 104 Å². The number of methoxy groups -OCH3 is 1. The van der Waals surface area contributed by atoms with Gasteiger partial charge in [0.2, 0.25) is 5.91 Å². The fraction of sp³-hybridized carbons (Fsp3) is 0.846. The summed E-state index contributed by atoms with van der Waals surface area (Å²) in [5.41, 5.74) is 0. The van der Waals surface area contributed by atoms with Crippen LogP contribution in [0.15, 0.2) is 0 Å². The number of amides is 1. The van der Waals surface area contributed by atoms with Gasteiger partial charge in [0.25, 0.3) is 0 Å². The second-order valence-corrected chi connectivity index (χ2v) is 4.45. The average molecular weight is 243 g/mol. The summed E-state index contributed by atoms with van der Waals surface area (Å²) < 4.78 is 4.66. The van der Waals surface area contributed by atoms with Crippen molar-refractivity contribution < 1.29 is 14.3 Å². The Kier molecular flexibility index (Phi) is 8.46. The Hall–Kier alpha value is -1.06. The Balaban J connectivity index is 4.06. The topological polar surface area (TPSA) is 46.6 Å². The molecular weight excluding hydrogens is 218 g/mol. The van der Waals surface area contributed by atoms with Crippen molar-refractivity contribution in [3.63, 3.8) is 0 Å². The van der Waals surface area contributed by atoms with Gasteiger partial charge in [-0.3, -0.25) is 9.59 Å². The highest BCUT2D eigenvalue weighted by atomic mass is 16.5. The Morgan fingerprint density at radius 2 is 1.88 bits per heavy atom. The van der Waals surface area contributed by atoms with Gasteiger partial charge in [-0.1, -0.05) is 33.1 Å². The van der Waals surface area contributed by atoms with Gasteiger partial charge >= 0.3 is 5.97 Å². The fourth-order valence-electron chi connectivity index (χ4n) is 1.71. The van der Waals surface area contributed by atoms with E-state index in [0.717, 1.165) is 19.4 Å². The van der Waals surface area contributed by atoms with E-state index in [1.54, 1.807) is 18.7 Å². The number of esters is 1. The Bertz CT molecular complexity index is 241. The number of carbonyl (C=O) groups excluding carboxylic acids is 2. The van der Waals surface area contributed by atoms with Gasteiger partial charge in [0.15, 0.2) is 0 Å². The molecule has 1 amide bonds. The zero-order valence-corrected chi connectivity index (χ0v) is 11.5. The highest BCUT2D eigenvalue weighted by molar-refractivity contribution is 5.76. The standard InChI is InChI=1S/C13H25NO3/c1-5-6-7-8-9-14(12(3)15)10-11(2)13(16)17-4/h11H,5-10H2,1-4H3. The molecule has 0 aromatic carbocycles. The summed E-state index contributed by atoms with van der Waals surface area (Å²) in [6.07, 6.45) is 4.51. The van der Waals surface area contributed by atoms with Crippen LogP contribution < -0.4 is 0 Å². The molecule has 0 aliphatic carbocycles. The Morgan fingerprint density at radius 1 is 1.24 bits per heavy atom. The summed E-state index contributed by atoms with van der Waals surface area (Å²) in [6, 6.07) is 0. The molecule has 0 bridgehead atoms. The predicted octanol–water partition coefficient (Wildman–Crippen LogP) is 2.22. The third kappa shape index (κ3) is 6.97. The predicted molar refractivity (Wildman–Crippen MR) is 67.6 cm³/mol. The van der Waals surface area contributed by atoms with E-state index in [9.17, 15) is 9.59 Å². The number of ether oxygens (including phenoxy) is 1. The van der Waals surface area contributed by atoms with Crippen LogP contribution in [0.25, 0.3) is 0 Å². The van der Waals surface area contributed by atoms with E-state index in [4.69, 9.17) is 0 Å². The quantitative estimate of drug-likeness (QED) is 0.485.